The maximum atomic E-state index is 12.5. The Bertz CT molecular complexity index is 764. The van der Waals surface area contributed by atoms with E-state index in [1.807, 2.05) is 4.90 Å². The summed E-state index contributed by atoms with van der Waals surface area (Å²) >= 11 is 0. The van der Waals surface area contributed by atoms with Crippen LogP contribution >= 0.6 is 0 Å². The third kappa shape index (κ3) is 4.94. The number of piperazine rings is 1. The van der Waals surface area contributed by atoms with Gasteiger partial charge in [0.15, 0.2) is 0 Å². The zero-order valence-corrected chi connectivity index (χ0v) is 16.1. The zero-order chi connectivity index (χ0) is 19.2. The number of benzene rings is 1. The molecule has 142 valence electrons. The number of hydrogen-bond acceptors (Lipinski definition) is 3. The second-order valence-electron chi connectivity index (χ2n) is 7.31. The van der Waals surface area contributed by atoms with Crippen molar-refractivity contribution in [3.8, 4) is 0 Å². The Morgan fingerprint density at radius 3 is 2.26 bits per heavy atom. The molecule has 0 aliphatic carbocycles. The van der Waals surface area contributed by atoms with Crippen molar-refractivity contribution in [1.82, 2.24) is 14.8 Å². The summed E-state index contributed by atoms with van der Waals surface area (Å²) < 4.78 is 0. The molecule has 1 aliphatic heterocycles. The molecule has 0 spiro atoms. The van der Waals surface area contributed by atoms with E-state index in [2.05, 4.69) is 43.1 Å². The van der Waals surface area contributed by atoms with Crippen molar-refractivity contribution in [1.29, 1.82) is 0 Å². The van der Waals surface area contributed by atoms with Crippen molar-refractivity contribution in [3.63, 3.8) is 0 Å². The minimum atomic E-state index is -0.0135. The van der Waals surface area contributed by atoms with Crippen LogP contribution in [-0.2, 0) is 11.2 Å². The predicted octanol–water partition coefficient (Wildman–Crippen LogP) is 3.12. The molecule has 1 saturated heterocycles. The van der Waals surface area contributed by atoms with E-state index in [4.69, 9.17) is 0 Å². The van der Waals surface area contributed by atoms with Crippen LogP contribution in [0.5, 0.6) is 0 Å². The van der Waals surface area contributed by atoms with Crippen LogP contribution in [0.3, 0.4) is 0 Å². The summed E-state index contributed by atoms with van der Waals surface area (Å²) in [7, 11) is 0. The molecule has 1 fully saturated rings. The molecule has 27 heavy (non-hydrogen) atoms. The van der Waals surface area contributed by atoms with Gasteiger partial charge in [0.25, 0.3) is 5.91 Å². The topological polar surface area (TPSA) is 53.5 Å². The van der Waals surface area contributed by atoms with Gasteiger partial charge < -0.3 is 9.80 Å². The number of hydrogen-bond donors (Lipinski definition) is 0. The highest BCUT2D eigenvalue weighted by molar-refractivity contribution is 5.94. The summed E-state index contributed by atoms with van der Waals surface area (Å²) in [6.45, 7) is 6.69. The first-order valence-corrected chi connectivity index (χ1v) is 9.60. The van der Waals surface area contributed by atoms with Gasteiger partial charge in [0.2, 0.25) is 5.91 Å². The summed E-state index contributed by atoms with van der Waals surface area (Å²) in [5.74, 6) is 0.670. The van der Waals surface area contributed by atoms with E-state index in [0.29, 0.717) is 44.1 Å². The van der Waals surface area contributed by atoms with Gasteiger partial charge >= 0.3 is 0 Å². The van der Waals surface area contributed by atoms with Crippen LogP contribution < -0.4 is 0 Å². The molecule has 1 aromatic heterocycles. The van der Waals surface area contributed by atoms with Gasteiger partial charge in [0, 0.05) is 45.0 Å². The molecular weight excluding hydrogens is 338 g/mol. The standard InChI is InChI=1S/C22H27N3O2/c1-17(2)19-8-5-18(6-9-19)7-10-21(26)24-12-14-25(15-13-24)22(27)20-4-3-11-23-16-20/h3-6,8-9,11,16-17H,7,10,12-15H2,1-2H3. The zero-order valence-electron chi connectivity index (χ0n) is 16.1. The highest BCUT2D eigenvalue weighted by atomic mass is 16.2. The number of aromatic nitrogens is 1. The molecule has 0 N–H and O–H groups in total. The number of nitrogens with zero attached hydrogens (tertiary/aromatic N) is 3. The average Bonchev–Trinajstić information content (AvgIpc) is 2.72. The smallest absolute Gasteiger partial charge is 0.255 e. The van der Waals surface area contributed by atoms with Gasteiger partial charge in [-0.2, -0.15) is 0 Å². The lowest BCUT2D eigenvalue weighted by atomic mass is 10.00. The number of pyridine rings is 1. The van der Waals surface area contributed by atoms with Crippen LogP contribution in [0.1, 0.15) is 47.7 Å². The molecule has 5 heteroatoms. The fraction of sp³-hybridized carbons (Fsp3) is 0.409. The van der Waals surface area contributed by atoms with Crippen molar-refractivity contribution in [2.45, 2.75) is 32.6 Å². The second kappa shape index (κ2) is 8.80. The van der Waals surface area contributed by atoms with Gasteiger partial charge in [-0.25, -0.2) is 0 Å². The minimum absolute atomic E-state index is 0.0135. The van der Waals surface area contributed by atoms with Gasteiger partial charge in [-0.15, -0.1) is 0 Å². The van der Waals surface area contributed by atoms with Crippen molar-refractivity contribution in [2.75, 3.05) is 26.2 Å². The molecule has 2 heterocycles. The molecule has 1 aromatic carbocycles. The van der Waals surface area contributed by atoms with E-state index < -0.39 is 0 Å². The molecule has 0 saturated carbocycles. The van der Waals surface area contributed by atoms with Crippen molar-refractivity contribution in [3.05, 3.63) is 65.5 Å². The average molecular weight is 365 g/mol. The Hall–Kier alpha value is -2.69. The lowest BCUT2D eigenvalue weighted by molar-refractivity contribution is -0.132. The third-order valence-corrected chi connectivity index (χ3v) is 5.10. The summed E-state index contributed by atoms with van der Waals surface area (Å²) in [4.78, 5) is 32.6. The van der Waals surface area contributed by atoms with Gasteiger partial charge in [0.05, 0.1) is 5.56 Å². The van der Waals surface area contributed by atoms with Crippen LogP contribution in [0.2, 0.25) is 0 Å². The minimum Gasteiger partial charge on any atom is -0.339 e. The summed E-state index contributed by atoms with van der Waals surface area (Å²) in [6, 6.07) is 12.1. The van der Waals surface area contributed by atoms with Crippen LogP contribution in [0.25, 0.3) is 0 Å². The van der Waals surface area contributed by atoms with E-state index in [1.165, 1.54) is 11.1 Å². The van der Waals surface area contributed by atoms with E-state index in [0.717, 1.165) is 6.42 Å². The maximum absolute atomic E-state index is 12.5. The van der Waals surface area contributed by atoms with Crippen LogP contribution in [0.15, 0.2) is 48.8 Å². The highest BCUT2D eigenvalue weighted by Crippen LogP contribution is 2.16. The van der Waals surface area contributed by atoms with E-state index in [1.54, 1.807) is 29.4 Å². The van der Waals surface area contributed by atoms with E-state index in [-0.39, 0.29) is 11.8 Å². The van der Waals surface area contributed by atoms with E-state index in [9.17, 15) is 9.59 Å². The first-order valence-electron chi connectivity index (χ1n) is 9.60. The Balaban J connectivity index is 1.46. The lowest BCUT2D eigenvalue weighted by Gasteiger charge is -2.34. The van der Waals surface area contributed by atoms with Crippen molar-refractivity contribution < 1.29 is 9.59 Å². The van der Waals surface area contributed by atoms with Gasteiger partial charge in [-0.1, -0.05) is 38.1 Å². The number of rotatable bonds is 5. The summed E-state index contributed by atoms with van der Waals surface area (Å²) in [6.07, 6.45) is 4.51. The molecule has 0 atom stereocenters. The first kappa shape index (κ1) is 19.1. The lowest BCUT2D eigenvalue weighted by Crippen LogP contribution is -2.50. The van der Waals surface area contributed by atoms with Crippen molar-refractivity contribution in [2.24, 2.45) is 0 Å². The first-order chi connectivity index (χ1) is 13.0. The molecule has 0 bridgehead atoms. The maximum Gasteiger partial charge on any atom is 0.255 e. The molecular formula is C22H27N3O2. The third-order valence-electron chi connectivity index (χ3n) is 5.10. The molecule has 0 unspecified atom stereocenters. The number of carbonyl (C=O) groups is 2. The molecule has 1 aliphatic rings. The van der Waals surface area contributed by atoms with Gasteiger partial charge in [0.1, 0.15) is 0 Å². The van der Waals surface area contributed by atoms with Gasteiger partial charge in [-0.05, 0) is 35.6 Å². The number of aryl methyl sites for hydroxylation is 1. The Labute approximate surface area is 161 Å². The van der Waals surface area contributed by atoms with E-state index >= 15 is 0 Å². The van der Waals surface area contributed by atoms with Crippen LogP contribution in [-0.4, -0.2) is 52.8 Å². The Morgan fingerprint density at radius 2 is 1.67 bits per heavy atom. The van der Waals surface area contributed by atoms with Crippen LogP contribution in [0, 0.1) is 0 Å². The number of amides is 2. The predicted molar refractivity (Wildman–Crippen MR) is 106 cm³/mol. The monoisotopic (exact) mass is 365 g/mol. The Morgan fingerprint density at radius 1 is 1.00 bits per heavy atom. The second-order valence-corrected chi connectivity index (χ2v) is 7.31. The summed E-state index contributed by atoms with van der Waals surface area (Å²) in [5, 5.41) is 0. The van der Waals surface area contributed by atoms with Gasteiger partial charge in [-0.3, -0.25) is 14.6 Å². The Kier molecular flexibility index (Phi) is 6.22. The molecule has 2 aromatic rings. The normalized spacial score (nSPS) is 14.5. The highest BCUT2D eigenvalue weighted by Gasteiger charge is 2.24. The quantitative estimate of drug-likeness (QED) is 0.818. The SMILES string of the molecule is CC(C)c1ccc(CCC(=O)N2CCN(C(=O)c3cccnc3)CC2)cc1. The molecule has 0 radical (unpaired) electrons. The molecule has 5 nitrogen and oxygen atoms in total. The largest absolute Gasteiger partial charge is 0.339 e. The fourth-order valence-electron chi connectivity index (χ4n) is 3.31. The fourth-order valence-corrected chi connectivity index (χ4v) is 3.31. The van der Waals surface area contributed by atoms with Crippen LogP contribution in [0.4, 0.5) is 0 Å². The molecule has 2 amide bonds. The summed E-state index contributed by atoms with van der Waals surface area (Å²) in [5.41, 5.74) is 3.11. The van der Waals surface area contributed by atoms with Crippen molar-refractivity contribution >= 4 is 11.8 Å². The molecule has 3 rings (SSSR count). The number of carbonyl (C=O) groups excluding carboxylic acids is 2.